The Bertz CT molecular complexity index is 542. The first-order valence-electron chi connectivity index (χ1n) is 6.07. The standard InChI is InChI=1S/C14H17N3/c1-16-7-3-4-12-8-11(5-6-14(12)16)13-9-15-17(2)10-13/h5-6,8-10H,3-4,7H2,1-2H3. The van der Waals surface area contributed by atoms with Crippen LogP contribution in [0.1, 0.15) is 12.0 Å². The lowest BCUT2D eigenvalue weighted by molar-refractivity contribution is 0.745. The van der Waals surface area contributed by atoms with Gasteiger partial charge in [-0.2, -0.15) is 5.10 Å². The fourth-order valence-corrected chi connectivity index (χ4v) is 2.54. The summed E-state index contributed by atoms with van der Waals surface area (Å²) in [5.74, 6) is 0. The van der Waals surface area contributed by atoms with Crippen LogP contribution in [0.25, 0.3) is 11.1 Å². The molecule has 0 spiro atoms. The quantitative estimate of drug-likeness (QED) is 0.746. The van der Waals surface area contributed by atoms with Gasteiger partial charge in [0.2, 0.25) is 0 Å². The van der Waals surface area contributed by atoms with E-state index in [1.807, 2.05) is 17.9 Å². The highest BCUT2D eigenvalue weighted by Crippen LogP contribution is 2.30. The van der Waals surface area contributed by atoms with Gasteiger partial charge in [0.25, 0.3) is 0 Å². The molecule has 1 aromatic carbocycles. The molecule has 1 aliphatic rings. The number of aryl methyl sites for hydroxylation is 2. The SMILES string of the molecule is CN1CCCc2cc(-c3cnn(C)c3)ccc21. The summed E-state index contributed by atoms with van der Waals surface area (Å²) >= 11 is 0. The van der Waals surface area contributed by atoms with Crippen LogP contribution in [-0.4, -0.2) is 23.4 Å². The summed E-state index contributed by atoms with van der Waals surface area (Å²) in [6, 6.07) is 6.73. The van der Waals surface area contributed by atoms with Gasteiger partial charge in [0.15, 0.2) is 0 Å². The second-order valence-corrected chi connectivity index (χ2v) is 4.77. The van der Waals surface area contributed by atoms with Crippen LogP contribution in [-0.2, 0) is 13.5 Å². The van der Waals surface area contributed by atoms with E-state index in [-0.39, 0.29) is 0 Å². The third-order valence-corrected chi connectivity index (χ3v) is 3.47. The Balaban J connectivity index is 2.03. The number of aromatic nitrogens is 2. The first-order valence-corrected chi connectivity index (χ1v) is 6.07. The van der Waals surface area contributed by atoms with Crippen LogP contribution in [0.2, 0.25) is 0 Å². The molecule has 0 N–H and O–H groups in total. The van der Waals surface area contributed by atoms with Gasteiger partial charge in [-0.15, -0.1) is 0 Å². The van der Waals surface area contributed by atoms with E-state index in [2.05, 4.69) is 41.4 Å². The van der Waals surface area contributed by atoms with E-state index < -0.39 is 0 Å². The first kappa shape index (κ1) is 10.4. The van der Waals surface area contributed by atoms with Crippen LogP contribution in [0, 0.1) is 0 Å². The van der Waals surface area contributed by atoms with Crippen LogP contribution in [0.4, 0.5) is 5.69 Å². The predicted octanol–water partition coefficient (Wildman–Crippen LogP) is 2.47. The molecule has 0 saturated heterocycles. The van der Waals surface area contributed by atoms with Crippen LogP contribution in [0.3, 0.4) is 0 Å². The Kier molecular flexibility index (Phi) is 2.39. The van der Waals surface area contributed by atoms with Crippen molar-refractivity contribution in [3.63, 3.8) is 0 Å². The highest BCUT2D eigenvalue weighted by molar-refractivity contribution is 5.68. The summed E-state index contributed by atoms with van der Waals surface area (Å²) in [7, 11) is 4.12. The number of benzene rings is 1. The van der Waals surface area contributed by atoms with Gasteiger partial charge in [-0.1, -0.05) is 6.07 Å². The molecular formula is C14H17N3. The molecule has 3 heteroatoms. The van der Waals surface area contributed by atoms with Gasteiger partial charge >= 0.3 is 0 Å². The van der Waals surface area contributed by atoms with Crippen molar-refractivity contribution in [2.75, 3.05) is 18.5 Å². The van der Waals surface area contributed by atoms with Crippen molar-refractivity contribution >= 4 is 5.69 Å². The lowest BCUT2D eigenvalue weighted by Crippen LogP contribution is -2.24. The summed E-state index contributed by atoms with van der Waals surface area (Å²) in [6.45, 7) is 1.17. The van der Waals surface area contributed by atoms with E-state index in [1.54, 1.807) is 0 Å². The van der Waals surface area contributed by atoms with Crippen molar-refractivity contribution in [1.29, 1.82) is 0 Å². The number of nitrogens with zero attached hydrogens (tertiary/aromatic N) is 3. The molecule has 0 fully saturated rings. The molecule has 0 bridgehead atoms. The molecule has 0 saturated carbocycles. The van der Waals surface area contributed by atoms with Gasteiger partial charge in [-0.05, 0) is 36.1 Å². The Hall–Kier alpha value is -1.77. The predicted molar refractivity (Wildman–Crippen MR) is 70.2 cm³/mol. The summed E-state index contributed by atoms with van der Waals surface area (Å²) in [6.07, 6.45) is 6.43. The molecule has 0 radical (unpaired) electrons. The molecule has 0 aliphatic carbocycles. The molecule has 2 aromatic rings. The number of hydrogen-bond acceptors (Lipinski definition) is 2. The van der Waals surface area contributed by atoms with Gasteiger partial charge in [-0.25, -0.2) is 0 Å². The molecule has 0 atom stereocenters. The van der Waals surface area contributed by atoms with Gasteiger partial charge in [0.1, 0.15) is 0 Å². The number of rotatable bonds is 1. The minimum Gasteiger partial charge on any atom is -0.374 e. The van der Waals surface area contributed by atoms with E-state index in [1.165, 1.54) is 41.8 Å². The van der Waals surface area contributed by atoms with Gasteiger partial charge in [0, 0.05) is 38.1 Å². The minimum atomic E-state index is 1.17. The van der Waals surface area contributed by atoms with E-state index >= 15 is 0 Å². The second-order valence-electron chi connectivity index (χ2n) is 4.77. The zero-order valence-corrected chi connectivity index (χ0v) is 10.3. The topological polar surface area (TPSA) is 21.1 Å². The Morgan fingerprint density at radius 2 is 2.06 bits per heavy atom. The highest BCUT2D eigenvalue weighted by Gasteiger charge is 2.14. The molecule has 17 heavy (non-hydrogen) atoms. The number of fused-ring (bicyclic) bond motifs is 1. The number of anilines is 1. The van der Waals surface area contributed by atoms with E-state index in [9.17, 15) is 0 Å². The minimum absolute atomic E-state index is 1.17. The van der Waals surface area contributed by atoms with Crippen LogP contribution in [0.15, 0.2) is 30.6 Å². The number of hydrogen-bond donors (Lipinski definition) is 0. The fraction of sp³-hybridized carbons (Fsp3) is 0.357. The molecular weight excluding hydrogens is 210 g/mol. The summed E-state index contributed by atoms with van der Waals surface area (Å²) < 4.78 is 1.85. The Morgan fingerprint density at radius 3 is 2.82 bits per heavy atom. The lowest BCUT2D eigenvalue weighted by Gasteiger charge is -2.27. The Morgan fingerprint density at radius 1 is 1.18 bits per heavy atom. The van der Waals surface area contributed by atoms with Crippen LogP contribution >= 0.6 is 0 Å². The van der Waals surface area contributed by atoms with E-state index in [0.717, 1.165) is 0 Å². The molecule has 3 rings (SSSR count). The van der Waals surface area contributed by atoms with Crippen molar-refractivity contribution < 1.29 is 0 Å². The van der Waals surface area contributed by atoms with Crippen molar-refractivity contribution in [3.8, 4) is 11.1 Å². The van der Waals surface area contributed by atoms with Crippen LogP contribution < -0.4 is 4.90 Å². The summed E-state index contributed by atoms with van der Waals surface area (Å²) in [4.78, 5) is 2.34. The molecule has 0 amide bonds. The second kappa shape index (κ2) is 3.91. The normalized spacial score (nSPS) is 14.8. The van der Waals surface area contributed by atoms with Crippen molar-refractivity contribution in [2.45, 2.75) is 12.8 Å². The maximum absolute atomic E-state index is 4.23. The van der Waals surface area contributed by atoms with Gasteiger partial charge < -0.3 is 4.90 Å². The third kappa shape index (κ3) is 1.82. The first-order chi connectivity index (χ1) is 8.24. The van der Waals surface area contributed by atoms with E-state index in [4.69, 9.17) is 0 Å². The Labute approximate surface area is 102 Å². The largest absolute Gasteiger partial charge is 0.374 e. The molecule has 1 aromatic heterocycles. The highest BCUT2D eigenvalue weighted by atomic mass is 15.2. The maximum atomic E-state index is 4.23. The molecule has 2 heterocycles. The smallest absolute Gasteiger partial charge is 0.0568 e. The fourth-order valence-electron chi connectivity index (χ4n) is 2.54. The molecule has 1 aliphatic heterocycles. The summed E-state index contributed by atoms with van der Waals surface area (Å²) in [5.41, 5.74) is 5.31. The average Bonchev–Trinajstić information content (AvgIpc) is 2.76. The monoisotopic (exact) mass is 227 g/mol. The third-order valence-electron chi connectivity index (χ3n) is 3.47. The van der Waals surface area contributed by atoms with Gasteiger partial charge in [0.05, 0.1) is 6.20 Å². The zero-order valence-electron chi connectivity index (χ0n) is 10.3. The summed E-state index contributed by atoms with van der Waals surface area (Å²) in [5, 5.41) is 4.23. The molecule has 0 unspecified atom stereocenters. The van der Waals surface area contributed by atoms with E-state index in [0.29, 0.717) is 0 Å². The maximum Gasteiger partial charge on any atom is 0.0568 e. The average molecular weight is 227 g/mol. The van der Waals surface area contributed by atoms with Crippen molar-refractivity contribution in [3.05, 3.63) is 36.2 Å². The lowest BCUT2D eigenvalue weighted by atomic mass is 9.98. The van der Waals surface area contributed by atoms with Gasteiger partial charge in [-0.3, -0.25) is 4.68 Å². The molecule has 88 valence electrons. The van der Waals surface area contributed by atoms with Crippen LogP contribution in [0.5, 0.6) is 0 Å². The van der Waals surface area contributed by atoms with Crippen molar-refractivity contribution in [2.24, 2.45) is 7.05 Å². The molecule has 3 nitrogen and oxygen atoms in total. The van der Waals surface area contributed by atoms with Crippen molar-refractivity contribution in [1.82, 2.24) is 9.78 Å². The zero-order chi connectivity index (χ0) is 11.8.